The standard InChI is InChI=1S/C14H20O/c1-9-4-5-10-6-12(15)11-7-13(2,3)8-14(9,10)11/h6,9,11H,4-5,7-8H2,1-3H3/t9-,11+,14+/m1/s1. The smallest absolute Gasteiger partial charge is 0.159 e. The molecule has 0 bridgehead atoms. The Labute approximate surface area is 91.9 Å². The molecule has 0 aliphatic heterocycles. The summed E-state index contributed by atoms with van der Waals surface area (Å²) in [5.41, 5.74) is 2.16. The zero-order valence-corrected chi connectivity index (χ0v) is 9.97. The molecule has 0 radical (unpaired) electrons. The summed E-state index contributed by atoms with van der Waals surface area (Å²) >= 11 is 0. The number of hydrogen-bond donors (Lipinski definition) is 0. The van der Waals surface area contributed by atoms with Crippen LogP contribution in [0.1, 0.15) is 46.5 Å². The van der Waals surface area contributed by atoms with Crippen LogP contribution in [0.4, 0.5) is 0 Å². The first-order valence-electron chi connectivity index (χ1n) is 6.21. The molecular weight excluding hydrogens is 184 g/mol. The van der Waals surface area contributed by atoms with Crippen LogP contribution in [0.5, 0.6) is 0 Å². The van der Waals surface area contributed by atoms with Gasteiger partial charge in [-0.25, -0.2) is 0 Å². The Bertz CT molecular complexity index is 364. The largest absolute Gasteiger partial charge is 0.295 e. The summed E-state index contributed by atoms with van der Waals surface area (Å²) in [5, 5.41) is 0. The normalized spacial score (nSPS) is 46.6. The Kier molecular flexibility index (Phi) is 1.64. The van der Waals surface area contributed by atoms with Gasteiger partial charge in [0.15, 0.2) is 5.78 Å². The molecule has 1 heteroatoms. The zero-order valence-electron chi connectivity index (χ0n) is 9.97. The molecule has 0 heterocycles. The maximum absolute atomic E-state index is 12.0. The van der Waals surface area contributed by atoms with Crippen molar-refractivity contribution in [3.05, 3.63) is 11.6 Å². The molecule has 3 aliphatic rings. The van der Waals surface area contributed by atoms with Crippen molar-refractivity contribution in [3.63, 3.8) is 0 Å². The third-order valence-electron chi connectivity index (χ3n) is 5.13. The van der Waals surface area contributed by atoms with Gasteiger partial charge in [0.2, 0.25) is 0 Å². The minimum absolute atomic E-state index is 0.292. The molecule has 0 unspecified atom stereocenters. The van der Waals surface area contributed by atoms with Crippen LogP contribution in [-0.2, 0) is 4.79 Å². The van der Waals surface area contributed by atoms with Crippen molar-refractivity contribution < 1.29 is 4.79 Å². The fourth-order valence-electron chi connectivity index (χ4n) is 4.59. The summed E-state index contributed by atoms with van der Waals surface area (Å²) < 4.78 is 0. The Morgan fingerprint density at radius 1 is 1.40 bits per heavy atom. The van der Waals surface area contributed by atoms with Gasteiger partial charge in [-0.2, -0.15) is 0 Å². The maximum atomic E-state index is 12.0. The van der Waals surface area contributed by atoms with Crippen molar-refractivity contribution in [1.82, 2.24) is 0 Å². The van der Waals surface area contributed by atoms with E-state index in [0.717, 1.165) is 12.3 Å². The van der Waals surface area contributed by atoms with E-state index in [1.807, 2.05) is 6.08 Å². The van der Waals surface area contributed by atoms with Gasteiger partial charge in [-0.3, -0.25) is 4.79 Å². The molecule has 0 aromatic carbocycles. The van der Waals surface area contributed by atoms with Crippen LogP contribution in [0.15, 0.2) is 11.6 Å². The van der Waals surface area contributed by atoms with Gasteiger partial charge in [0.25, 0.3) is 0 Å². The third kappa shape index (κ3) is 1.02. The van der Waals surface area contributed by atoms with Gasteiger partial charge < -0.3 is 0 Å². The van der Waals surface area contributed by atoms with Crippen molar-refractivity contribution >= 4 is 5.78 Å². The molecule has 3 aliphatic carbocycles. The number of allylic oxidation sites excluding steroid dienone is 2. The van der Waals surface area contributed by atoms with E-state index in [9.17, 15) is 4.79 Å². The van der Waals surface area contributed by atoms with Crippen LogP contribution >= 0.6 is 0 Å². The summed E-state index contributed by atoms with van der Waals surface area (Å²) in [6, 6.07) is 0. The molecule has 1 spiro atoms. The quantitative estimate of drug-likeness (QED) is 0.591. The maximum Gasteiger partial charge on any atom is 0.159 e. The number of carbonyl (C=O) groups is 1. The van der Waals surface area contributed by atoms with E-state index < -0.39 is 0 Å². The second-order valence-electron chi connectivity index (χ2n) is 6.65. The number of rotatable bonds is 0. The number of carbonyl (C=O) groups excluding carboxylic acids is 1. The van der Waals surface area contributed by atoms with Crippen LogP contribution in [0.25, 0.3) is 0 Å². The van der Waals surface area contributed by atoms with Crippen molar-refractivity contribution in [3.8, 4) is 0 Å². The summed E-state index contributed by atoms with van der Waals surface area (Å²) in [6.07, 6.45) is 6.81. The number of ketones is 1. The van der Waals surface area contributed by atoms with Gasteiger partial charge in [0.05, 0.1) is 0 Å². The molecular formula is C14H20O. The van der Waals surface area contributed by atoms with Crippen molar-refractivity contribution in [2.24, 2.45) is 22.7 Å². The molecule has 15 heavy (non-hydrogen) atoms. The lowest BCUT2D eigenvalue weighted by molar-refractivity contribution is -0.119. The Morgan fingerprint density at radius 2 is 2.13 bits per heavy atom. The second kappa shape index (κ2) is 2.56. The average molecular weight is 204 g/mol. The molecule has 3 atom stereocenters. The highest BCUT2D eigenvalue weighted by Gasteiger charge is 2.61. The highest BCUT2D eigenvalue weighted by molar-refractivity contribution is 5.97. The lowest BCUT2D eigenvalue weighted by Gasteiger charge is -2.33. The van der Waals surface area contributed by atoms with Gasteiger partial charge in [-0.15, -0.1) is 0 Å². The van der Waals surface area contributed by atoms with Gasteiger partial charge in [0, 0.05) is 11.3 Å². The fraction of sp³-hybridized carbons (Fsp3) is 0.786. The minimum Gasteiger partial charge on any atom is -0.295 e. The molecule has 82 valence electrons. The van der Waals surface area contributed by atoms with Crippen LogP contribution in [0, 0.1) is 22.7 Å². The summed E-state index contributed by atoms with van der Waals surface area (Å²) in [4.78, 5) is 12.0. The molecule has 0 aromatic rings. The molecule has 3 rings (SSSR count). The monoisotopic (exact) mass is 204 g/mol. The van der Waals surface area contributed by atoms with E-state index >= 15 is 0 Å². The van der Waals surface area contributed by atoms with Gasteiger partial charge in [0.1, 0.15) is 0 Å². The van der Waals surface area contributed by atoms with E-state index in [-0.39, 0.29) is 0 Å². The van der Waals surface area contributed by atoms with Crippen molar-refractivity contribution in [2.75, 3.05) is 0 Å². The summed E-state index contributed by atoms with van der Waals surface area (Å²) in [5.74, 6) is 1.49. The van der Waals surface area contributed by atoms with E-state index in [4.69, 9.17) is 0 Å². The first kappa shape index (κ1) is 9.62. The van der Waals surface area contributed by atoms with E-state index in [0.29, 0.717) is 22.5 Å². The first-order valence-corrected chi connectivity index (χ1v) is 6.21. The van der Waals surface area contributed by atoms with Gasteiger partial charge in [-0.05, 0) is 43.1 Å². The average Bonchev–Trinajstić information content (AvgIpc) is 2.65. The van der Waals surface area contributed by atoms with E-state index in [2.05, 4.69) is 20.8 Å². The van der Waals surface area contributed by atoms with Crippen molar-refractivity contribution in [2.45, 2.75) is 46.5 Å². The van der Waals surface area contributed by atoms with E-state index in [1.165, 1.54) is 24.8 Å². The van der Waals surface area contributed by atoms with Crippen LogP contribution < -0.4 is 0 Å². The highest BCUT2D eigenvalue weighted by Crippen LogP contribution is 2.67. The lowest BCUT2D eigenvalue weighted by Crippen LogP contribution is -2.29. The lowest BCUT2D eigenvalue weighted by atomic mass is 9.70. The molecule has 0 N–H and O–H groups in total. The van der Waals surface area contributed by atoms with Crippen LogP contribution in [0.3, 0.4) is 0 Å². The molecule has 0 aromatic heterocycles. The molecule has 2 saturated carbocycles. The van der Waals surface area contributed by atoms with Crippen LogP contribution in [-0.4, -0.2) is 5.78 Å². The summed E-state index contributed by atoms with van der Waals surface area (Å²) in [6.45, 7) is 7.01. The molecule has 2 fully saturated rings. The third-order valence-corrected chi connectivity index (χ3v) is 5.13. The topological polar surface area (TPSA) is 17.1 Å². The second-order valence-corrected chi connectivity index (χ2v) is 6.65. The minimum atomic E-state index is 0.292. The van der Waals surface area contributed by atoms with Crippen molar-refractivity contribution in [1.29, 1.82) is 0 Å². The SMILES string of the molecule is C[C@@H]1CCC2=CC(=O)[C@@H]3CC(C)(C)C[C@@]213. The van der Waals surface area contributed by atoms with Gasteiger partial charge >= 0.3 is 0 Å². The predicted octanol–water partition coefficient (Wildman–Crippen LogP) is 3.35. The molecule has 0 saturated heterocycles. The predicted molar refractivity (Wildman–Crippen MR) is 60.4 cm³/mol. The molecule has 0 amide bonds. The fourth-order valence-corrected chi connectivity index (χ4v) is 4.59. The Hall–Kier alpha value is -0.590. The van der Waals surface area contributed by atoms with Crippen LogP contribution in [0.2, 0.25) is 0 Å². The zero-order chi connectivity index (χ0) is 10.8. The van der Waals surface area contributed by atoms with Gasteiger partial charge in [-0.1, -0.05) is 26.3 Å². The van der Waals surface area contributed by atoms with E-state index in [1.54, 1.807) is 0 Å². The molecule has 1 nitrogen and oxygen atoms in total. The Morgan fingerprint density at radius 3 is 2.87 bits per heavy atom. The highest BCUT2D eigenvalue weighted by atomic mass is 16.1. The summed E-state index contributed by atoms with van der Waals surface area (Å²) in [7, 11) is 0. The Balaban J connectivity index is 2.11. The first-order chi connectivity index (χ1) is 6.96. The number of hydrogen-bond acceptors (Lipinski definition) is 1.